The van der Waals surface area contributed by atoms with Crippen LogP contribution in [0.3, 0.4) is 0 Å². The number of ether oxygens (including phenoxy) is 3. The van der Waals surface area contributed by atoms with Crippen LogP contribution in [0.15, 0.2) is 41.0 Å². The van der Waals surface area contributed by atoms with Gasteiger partial charge in [0.25, 0.3) is 5.91 Å². The number of nitrogens with one attached hydrogen (secondary N) is 1. The summed E-state index contributed by atoms with van der Waals surface area (Å²) in [5.74, 6) is 0.952. The highest BCUT2D eigenvalue weighted by Gasteiger charge is 2.29. The Bertz CT molecular complexity index is 1050. The molecule has 9 heteroatoms. The Labute approximate surface area is 183 Å². The van der Waals surface area contributed by atoms with Crippen molar-refractivity contribution in [1.82, 2.24) is 4.98 Å². The molecule has 4 rings (SSSR count). The second kappa shape index (κ2) is 9.32. The molecule has 0 unspecified atom stereocenters. The van der Waals surface area contributed by atoms with Crippen LogP contribution in [0, 0.1) is 5.92 Å². The van der Waals surface area contributed by atoms with E-state index in [1.165, 1.54) is 20.5 Å². The molecular weight excluding hydrogens is 420 g/mol. The zero-order valence-corrected chi connectivity index (χ0v) is 18.0. The van der Waals surface area contributed by atoms with Gasteiger partial charge in [0.05, 0.1) is 20.5 Å². The van der Waals surface area contributed by atoms with Gasteiger partial charge in [-0.1, -0.05) is 11.3 Å². The van der Waals surface area contributed by atoms with Crippen LogP contribution in [-0.4, -0.2) is 44.1 Å². The van der Waals surface area contributed by atoms with Crippen LogP contribution >= 0.6 is 11.3 Å². The Morgan fingerprint density at radius 1 is 1.13 bits per heavy atom. The molecule has 0 atom stereocenters. The number of benzene rings is 1. The minimum atomic E-state index is -0.387. The van der Waals surface area contributed by atoms with Crippen molar-refractivity contribution in [2.45, 2.75) is 12.8 Å². The van der Waals surface area contributed by atoms with Gasteiger partial charge in [-0.2, -0.15) is 0 Å². The van der Waals surface area contributed by atoms with Gasteiger partial charge in [0.2, 0.25) is 0 Å². The first-order valence-corrected chi connectivity index (χ1v) is 10.6. The van der Waals surface area contributed by atoms with E-state index in [4.69, 9.17) is 18.6 Å². The molecular formula is C22H22N2O6S. The van der Waals surface area contributed by atoms with E-state index in [1.54, 1.807) is 30.3 Å². The zero-order valence-electron chi connectivity index (χ0n) is 17.2. The van der Waals surface area contributed by atoms with Crippen molar-refractivity contribution in [2.24, 2.45) is 5.92 Å². The van der Waals surface area contributed by atoms with Crippen molar-refractivity contribution in [3.8, 4) is 23.0 Å². The number of furan rings is 1. The van der Waals surface area contributed by atoms with Crippen molar-refractivity contribution in [3.63, 3.8) is 0 Å². The van der Waals surface area contributed by atoms with E-state index in [2.05, 4.69) is 10.3 Å². The fourth-order valence-corrected chi connectivity index (χ4v) is 4.36. The third-order valence-electron chi connectivity index (χ3n) is 5.03. The van der Waals surface area contributed by atoms with Crippen molar-refractivity contribution < 1.29 is 28.2 Å². The summed E-state index contributed by atoms with van der Waals surface area (Å²) in [5.41, 5.74) is 0.785. The highest BCUT2D eigenvalue weighted by atomic mass is 32.1. The Morgan fingerprint density at radius 3 is 2.45 bits per heavy atom. The maximum Gasteiger partial charge on any atom is 0.257 e. The molecule has 1 aromatic carbocycles. The number of amides is 1. The number of rotatable bonds is 7. The number of ketones is 1. The van der Waals surface area contributed by atoms with E-state index >= 15 is 0 Å². The van der Waals surface area contributed by atoms with Crippen molar-refractivity contribution in [2.75, 3.05) is 32.8 Å². The van der Waals surface area contributed by atoms with E-state index in [0.717, 1.165) is 11.3 Å². The number of methoxy groups -OCH3 is 2. The van der Waals surface area contributed by atoms with Crippen LogP contribution < -0.4 is 14.8 Å². The van der Waals surface area contributed by atoms with E-state index in [-0.39, 0.29) is 17.6 Å². The number of carbonyl (C=O) groups excluding carboxylic acids is 2. The summed E-state index contributed by atoms with van der Waals surface area (Å²) in [6.07, 6.45) is 2.86. The number of anilines is 1. The lowest BCUT2D eigenvalue weighted by molar-refractivity contribution is 0.0547. The van der Waals surface area contributed by atoms with Crippen LogP contribution in [0.25, 0.3) is 11.5 Å². The number of carbonyl (C=O) groups is 2. The number of thiazole rings is 1. The summed E-state index contributed by atoms with van der Waals surface area (Å²) >= 11 is 1.15. The van der Waals surface area contributed by atoms with Crippen LogP contribution in [0.4, 0.5) is 5.13 Å². The first kappa shape index (κ1) is 21.1. The first-order valence-electron chi connectivity index (χ1n) is 9.80. The maximum absolute atomic E-state index is 13.2. The highest BCUT2D eigenvalue weighted by Crippen LogP contribution is 2.35. The average Bonchev–Trinajstić information content (AvgIpc) is 3.48. The molecule has 0 bridgehead atoms. The highest BCUT2D eigenvalue weighted by molar-refractivity contribution is 7.18. The summed E-state index contributed by atoms with van der Waals surface area (Å²) in [6.45, 7) is 1.12. The average molecular weight is 442 g/mol. The molecule has 0 aliphatic carbocycles. The number of hydrogen-bond acceptors (Lipinski definition) is 8. The number of aromatic nitrogens is 1. The predicted molar refractivity (Wildman–Crippen MR) is 115 cm³/mol. The minimum absolute atomic E-state index is 0.00394. The minimum Gasteiger partial charge on any atom is -0.497 e. The molecule has 0 radical (unpaired) electrons. The molecule has 0 saturated carbocycles. The topological polar surface area (TPSA) is 99.9 Å². The lowest BCUT2D eigenvalue weighted by Gasteiger charge is -2.20. The van der Waals surface area contributed by atoms with E-state index in [1.807, 2.05) is 0 Å². The van der Waals surface area contributed by atoms with Gasteiger partial charge in [0.1, 0.15) is 22.1 Å². The summed E-state index contributed by atoms with van der Waals surface area (Å²) in [4.78, 5) is 31.0. The first-order chi connectivity index (χ1) is 15.1. The molecule has 1 aliphatic rings. The molecule has 1 fully saturated rings. The molecule has 1 N–H and O–H groups in total. The van der Waals surface area contributed by atoms with Crippen molar-refractivity contribution in [1.29, 1.82) is 0 Å². The smallest absolute Gasteiger partial charge is 0.257 e. The zero-order chi connectivity index (χ0) is 21.8. The molecule has 31 heavy (non-hydrogen) atoms. The molecule has 1 saturated heterocycles. The normalized spacial score (nSPS) is 14.3. The monoisotopic (exact) mass is 442 g/mol. The van der Waals surface area contributed by atoms with Gasteiger partial charge < -0.3 is 18.6 Å². The van der Waals surface area contributed by atoms with Crippen molar-refractivity contribution >= 4 is 28.2 Å². The summed E-state index contributed by atoms with van der Waals surface area (Å²) in [5, 5.41) is 3.09. The third kappa shape index (κ3) is 4.62. The van der Waals surface area contributed by atoms with Gasteiger partial charge in [-0.25, -0.2) is 4.98 Å². The van der Waals surface area contributed by atoms with E-state index in [9.17, 15) is 9.59 Å². The standard InChI is InChI=1S/C22H22N2O6S/c1-27-15-10-14(11-16(12-15)28-2)21(26)24-22-23-18(17-4-3-7-30-17)20(31-22)19(25)13-5-8-29-9-6-13/h3-4,7,10-13H,5-6,8-9H2,1-2H3,(H,23,24,26). The quantitative estimate of drug-likeness (QED) is 0.545. The molecule has 1 amide bonds. The molecule has 3 aromatic rings. The molecule has 1 aliphatic heterocycles. The van der Waals surface area contributed by atoms with E-state index in [0.29, 0.717) is 64.6 Å². The predicted octanol–water partition coefficient (Wildman–Crippen LogP) is 4.28. The Balaban J connectivity index is 1.63. The molecule has 2 aromatic heterocycles. The lowest BCUT2D eigenvalue weighted by Crippen LogP contribution is -2.23. The number of hydrogen-bond donors (Lipinski definition) is 1. The van der Waals surface area contributed by atoms with Crippen LogP contribution in [-0.2, 0) is 4.74 Å². The summed E-state index contributed by atoms with van der Waals surface area (Å²) < 4.78 is 21.3. The van der Waals surface area contributed by atoms with Gasteiger partial charge in [-0.05, 0) is 37.1 Å². The molecule has 0 spiro atoms. The van der Waals surface area contributed by atoms with Crippen LogP contribution in [0.1, 0.15) is 32.9 Å². The number of nitrogens with zero attached hydrogens (tertiary/aromatic N) is 1. The van der Waals surface area contributed by atoms with Gasteiger partial charge in [-0.15, -0.1) is 0 Å². The lowest BCUT2D eigenvalue weighted by atomic mass is 9.94. The second-order valence-electron chi connectivity index (χ2n) is 6.98. The van der Waals surface area contributed by atoms with Gasteiger partial charge in [0, 0.05) is 30.8 Å². The second-order valence-corrected chi connectivity index (χ2v) is 7.98. The fraction of sp³-hybridized carbons (Fsp3) is 0.318. The third-order valence-corrected chi connectivity index (χ3v) is 6.02. The SMILES string of the molecule is COc1cc(OC)cc(C(=O)Nc2nc(-c3ccco3)c(C(=O)C3CCOCC3)s2)c1. The van der Waals surface area contributed by atoms with Crippen LogP contribution in [0.2, 0.25) is 0 Å². The van der Waals surface area contributed by atoms with Crippen LogP contribution in [0.5, 0.6) is 11.5 Å². The largest absolute Gasteiger partial charge is 0.497 e. The maximum atomic E-state index is 13.2. The van der Waals surface area contributed by atoms with E-state index < -0.39 is 0 Å². The molecule has 162 valence electrons. The molecule has 3 heterocycles. The fourth-order valence-electron chi connectivity index (χ4n) is 3.37. The molecule has 8 nitrogen and oxygen atoms in total. The van der Waals surface area contributed by atoms with Crippen molar-refractivity contribution in [3.05, 3.63) is 47.0 Å². The Kier molecular flexibility index (Phi) is 6.34. The summed E-state index contributed by atoms with van der Waals surface area (Å²) in [6, 6.07) is 8.37. The van der Waals surface area contributed by atoms with Gasteiger partial charge in [-0.3, -0.25) is 14.9 Å². The Morgan fingerprint density at radius 2 is 1.84 bits per heavy atom. The number of Topliss-reactive ketones (excluding diaryl/α,β-unsaturated/α-hetero) is 1. The summed E-state index contributed by atoms with van der Waals surface area (Å²) in [7, 11) is 3.03. The Hall–Kier alpha value is -3.17. The van der Waals surface area contributed by atoms with Gasteiger partial charge in [0.15, 0.2) is 16.7 Å². The van der Waals surface area contributed by atoms with Gasteiger partial charge >= 0.3 is 0 Å².